The Morgan fingerprint density at radius 3 is 2.67 bits per heavy atom. The fourth-order valence-corrected chi connectivity index (χ4v) is 2.51. The molecule has 2 heterocycles. The van der Waals surface area contributed by atoms with Gasteiger partial charge >= 0.3 is 5.97 Å². The molecule has 2 rings (SSSR count). The van der Waals surface area contributed by atoms with Crippen LogP contribution in [0.3, 0.4) is 0 Å². The fourth-order valence-electron chi connectivity index (χ4n) is 1.50. The summed E-state index contributed by atoms with van der Waals surface area (Å²) in [4.78, 5) is 20.9. The van der Waals surface area contributed by atoms with Gasteiger partial charge in [-0.15, -0.1) is 11.3 Å². The summed E-state index contributed by atoms with van der Waals surface area (Å²) in [5.41, 5.74) is 0.575. The Morgan fingerprint density at radius 1 is 1.39 bits per heavy atom. The number of aryl methyl sites for hydroxylation is 1. The van der Waals surface area contributed by atoms with Crippen LogP contribution in [0.4, 0.5) is 0 Å². The predicted octanol–water partition coefficient (Wildman–Crippen LogP) is 2.88. The van der Waals surface area contributed by atoms with Crippen molar-refractivity contribution < 1.29 is 9.90 Å². The van der Waals surface area contributed by atoms with Gasteiger partial charge in [0.2, 0.25) is 0 Å². The van der Waals surface area contributed by atoms with E-state index in [0.29, 0.717) is 5.01 Å². The average molecular weight is 262 g/mol. The zero-order chi connectivity index (χ0) is 13.3. The van der Waals surface area contributed by atoms with Gasteiger partial charge in [-0.05, 0) is 32.9 Å². The van der Waals surface area contributed by atoms with Crippen molar-refractivity contribution in [3.63, 3.8) is 0 Å². The minimum Gasteiger partial charge on any atom is -0.481 e. The van der Waals surface area contributed by atoms with Gasteiger partial charge in [0.1, 0.15) is 16.1 Å². The molecule has 0 aliphatic heterocycles. The molecule has 0 aliphatic rings. The number of carboxylic acid groups (broad SMARTS) is 1. The van der Waals surface area contributed by atoms with Crippen molar-refractivity contribution in [2.24, 2.45) is 0 Å². The first-order chi connectivity index (χ1) is 8.43. The van der Waals surface area contributed by atoms with E-state index in [2.05, 4.69) is 9.97 Å². The van der Waals surface area contributed by atoms with E-state index in [9.17, 15) is 9.90 Å². The van der Waals surface area contributed by atoms with Gasteiger partial charge < -0.3 is 5.11 Å². The predicted molar refractivity (Wildman–Crippen MR) is 70.7 cm³/mol. The molecule has 94 valence electrons. The Morgan fingerprint density at radius 2 is 2.11 bits per heavy atom. The smallest absolute Gasteiger partial charge is 0.316 e. The third kappa shape index (κ3) is 2.13. The maximum atomic E-state index is 11.2. The molecule has 5 heteroatoms. The number of thiazole rings is 1. The molecule has 2 aromatic heterocycles. The molecule has 0 unspecified atom stereocenters. The number of nitrogens with zero attached hydrogens (tertiary/aromatic N) is 2. The summed E-state index contributed by atoms with van der Waals surface area (Å²) in [6.07, 6.45) is 1.70. The normalized spacial score (nSPS) is 11.5. The van der Waals surface area contributed by atoms with E-state index in [4.69, 9.17) is 0 Å². The Labute approximate surface area is 109 Å². The van der Waals surface area contributed by atoms with E-state index in [1.54, 1.807) is 20.0 Å². The molecule has 4 nitrogen and oxygen atoms in total. The molecule has 0 atom stereocenters. The first-order valence-corrected chi connectivity index (χ1v) is 6.37. The zero-order valence-corrected chi connectivity index (χ0v) is 11.3. The third-order valence-corrected chi connectivity index (χ3v) is 4.07. The Hall–Kier alpha value is -1.75. The van der Waals surface area contributed by atoms with Crippen molar-refractivity contribution in [3.8, 4) is 11.4 Å². The van der Waals surface area contributed by atoms with Crippen LogP contribution in [0.25, 0.3) is 11.4 Å². The molecule has 0 spiro atoms. The Kier molecular flexibility index (Phi) is 3.17. The highest BCUT2D eigenvalue weighted by molar-refractivity contribution is 7.12. The highest BCUT2D eigenvalue weighted by Gasteiger charge is 2.33. The summed E-state index contributed by atoms with van der Waals surface area (Å²) in [6.45, 7) is 5.26. The van der Waals surface area contributed by atoms with Crippen LogP contribution in [-0.4, -0.2) is 21.0 Å². The minimum atomic E-state index is -0.970. The van der Waals surface area contributed by atoms with Gasteiger partial charge in [-0.3, -0.25) is 9.78 Å². The van der Waals surface area contributed by atoms with Crippen LogP contribution in [0.5, 0.6) is 0 Å². The van der Waals surface area contributed by atoms with Crippen LogP contribution in [-0.2, 0) is 10.2 Å². The number of pyridine rings is 1. The molecular weight excluding hydrogens is 248 g/mol. The SMILES string of the molecule is Cc1sc(C(C)(C)C(=O)O)nc1-c1ccccn1. The lowest BCUT2D eigenvalue weighted by Crippen LogP contribution is -2.28. The summed E-state index contributed by atoms with van der Waals surface area (Å²) in [7, 11) is 0. The number of hydrogen-bond donors (Lipinski definition) is 1. The van der Waals surface area contributed by atoms with Gasteiger partial charge in [-0.25, -0.2) is 4.98 Å². The Bertz CT molecular complexity index is 576. The lowest BCUT2D eigenvalue weighted by atomic mass is 9.95. The first kappa shape index (κ1) is 12.7. The zero-order valence-electron chi connectivity index (χ0n) is 10.5. The van der Waals surface area contributed by atoms with Gasteiger partial charge in [-0.2, -0.15) is 0 Å². The summed E-state index contributed by atoms with van der Waals surface area (Å²) >= 11 is 1.41. The summed E-state index contributed by atoms with van der Waals surface area (Å²) in [6, 6.07) is 5.61. The van der Waals surface area contributed by atoms with E-state index >= 15 is 0 Å². The van der Waals surface area contributed by atoms with E-state index in [1.807, 2.05) is 25.1 Å². The van der Waals surface area contributed by atoms with E-state index in [-0.39, 0.29) is 0 Å². The largest absolute Gasteiger partial charge is 0.481 e. The van der Waals surface area contributed by atoms with Crippen molar-refractivity contribution in [2.45, 2.75) is 26.2 Å². The molecule has 0 amide bonds. The van der Waals surface area contributed by atoms with Gasteiger partial charge in [0.25, 0.3) is 0 Å². The van der Waals surface area contributed by atoms with Crippen LogP contribution in [0.2, 0.25) is 0 Å². The van der Waals surface area contributed by atoms with Crippen LogP contribution in [0, 0.1) is 6.92 Å². The van der Waals surface area contributed by atoms with Crippen molar-refractivity contribution >= 4 is 17.3 Å². The topological polar surface area (TPSA) is 63.1 Å². The van der Waals surface area contributed by atoms with E-state index < -0.39 is 11.4 Å². The maximum absolute atomic E-state index is 11.2. The second-order valence-electron chi connectivity index (χ2n) is 4.57. The van der Waals surface area contributed by atoms with Crippen LogP contribution in [0.15, 0.2) is 24.4 Å². The fraction of sp³-hybridized carbons (Fsp3) is 0.308. The standard InChI is InChI=1S/C13H14N2O2S/c1-8-10(9-6-4-5-7-14-9)15-11(18-8)13(2,3)12(16)17/h4-7H,1-3H3,(H,16,17). The minimum absolute atomic E-state index is 0.605. The molecule has 0 aliphatic carbocycles. The summed E-state index contributed by atoms with van der Waals surface area (Å²) in [5.74, 6) is -0.871. The lowest BCUT2D eigenvalue weighted by molar-refractivity contribution is -0.142. The molecule has 0 fully saturated rings. The molecule has 18 heavy (non-hydrogen) atoms. The number of carbonyl (C=O) groups is 1. The van der Waals surface area contributed by atoms with Gasteiger partial charge in [0.05, 0.1) is 5.69 Å². The molecule has 0 bridgehead atoms. The summed E-state index contributed by atoms with van der Waals surface area (Å²) < 4.78 is 0. The van der Waals surface area contributed by atoms with E-state index in [0.717, 1.165) is 16.3 Å². The maximum Gasteiger partial charge on any atom is 0.316 e. The van der Waals surface area contributed by atoms with Gasteiger partial charge in [0, 0.05) is 11.1 Å². The van der Waals surface area contributed by atoms with Crippen LogP contribution < -0.4 is 0 Å². The number of rotatable bonds is 3. The number of aromatic nitrogens is 2. The quantitative estimate of drug-likeness (QED) is 0.923. The van der Waals surface area contributed by atoms with Gasteiger partial charge in [-0.1, -0.05) is 6.07 Å². The van der Waals surface area contributed by atoms with Crippen LogP contribution >= 0.6 is 11.3 Å². The first-order valence-electron chi connectivity index (χ1n) is 5.55. The molecule has 2 aromatic rings. The highest BCUT2D eigenvalue weighted by atomic mass is 32.1. The molecule has 1 N–H and O–H groups in total. The van der Waals surface area contributed by atoms with Gasteiger partial charge in [0.15, 0.2) is 0 Å². The molecule has 0 aromatic carbocycles. The monoisotopic (exact) mass is 262 g/mol. The lowest BCUT2D eigenvalue weighted by Gasteiger charge is -2.14. The Balaban J connectivity index is 2.49. The van der Waals surface area contributed by atoms with Crippen molar-refractivity contribution in [1.82, 2.24) is 9.97 Å². The summed E-state index contributed by atoms with van der Waals surface area (Å²) in [5, 5.41) is 9.82. The second kappa shape index (κ2) is 4.49. The second-order valence-corrected chi connectivity index (χ2v) is 5.77. The molecule has 0 radical (unpaired) electrons. The molecule has 0 saturated carbocycles. The highest BCUT2D eigenvalue weighted by Crippen LogP contribution is 2.33. The molecular formula is C13H14N2O2S. The third-order valence-electron chi connectivity index (χ3n) is 2.77. The van der Waals surface area contributed by atoms with E-state index in [1.165, 1.54) is 11.3 Å². The number of carboxylic acids is 1. The van der Waals surface area contributed by atoms with Crippen molar-refractivity contribution in [2.75, 3.05) is 0 Å². The molecule has 0 saturated heterocycles. The number of hydrogen-bond acceptors (Lipinski definition) is 4. The number of aliphatic carboxylic acids is 1. The average Bonchev–Trinajstić information content (AvgIpc) is 2.73. The van der Waals surface area contributed by atoms with Crippen molar-refractivity contribution in [3.05, 3.63) is 34.3 Å². The van der Waals surface area contributed by atoms with Crippen LogP contribution in [0.1, 0.15) is 23.7 Å². The van der Waals surface area contributed by atoms with Crippen molar-refractivity contribution in [1.29, 1.82) is 0 Å².